The van der Waals surface area contributed by atoms with Gasteiger partial charge < -0.3 is 15.3 Å². The molecule has 3 rings (SSSR count). The predicted molar refractivity (Wildman–Crippen MR) is 88.8 cm³/mol. The standard InChI is InChI=1S/C16H13ClN4O2/c1-9-8-18-15(19-9)11-4-2-3-5-12(11)21-16(23)13-6-10(22)7-14(17)20-13/h2-8H,1H3,(H,18,19)(H,20,22)(H,21,23). The molecule has 0 bridgehead atoms. The van der Waals surface area contributed by atoms with Crippen LogP contribution < -0.4 is 10.7 Å². The molecule has 3 N–H and O–H groups in total. The van der Waals surface area contributed by atoms with Crippen LogP contribution >= 0.6 is 11.6 Å². The van der Waals surface area contributed by atoms with E-state index in [9.17, 15) is 9.59 Å². The Morgan fingerprint density at radius 1 is 1.22 bits per heavy atom. The number of amides is 1. The van der Waals surface area contributed by atoms with Crippen molar-refractivity contribution in [2.45, 2.75) is 6.92 Å². The number of carbonyl (C=O) groups is 1. The number of nitrogens with one attached hydrogen (secondary N) is 3. The number of hydrogen-bond acceptors (Lipinski definition) is 3. The van der Waals surface area contributed by atoms with Gasteiger partial charge in [0.05, 0.1) is 5.69 Å². The maximum atomic E-state index is 12.3. The molecule has 0 unspecified atom stereocenters. The number of H-pyrrole nitrogens is 2. The Kier molecular flexibility index (Phi) is 3.99. The zero-order valence-electron chi connectivity index (χ0n) is 12.2. The number of aromatic amines is 2. The highest BCUT2D eigenvalue weighted by molar-refractivity contribution is 6.29. The van der Waals surface area contributed by atoms with Gasteiger partial charge in [-0.3, -0.25) is 9.59 Å². The zero-order chi connectivity index (χ0) is 16.4. The minimum absolute atomic E-state index is 0.0907. The summed E-state index contributed by atoms with van der Waals surface area (Å²) in [6, 6.07) is 9.65. The van der Waals surface area contributed by atoms with Crippen molar-refractivity contribution in [1.29, 1.82) is 0 Å². The number of aryl methyl sites for hydroxylation is 1. The van der Waals surface area contributed by atoms with E-state index in [0.717, 1.165) is 11.3 Å². The number of rotatable bonds is 3. The number of imidazole rings is 1. The Morgan fingerprint density at radius 2 is 2.00 bits per heavy atom. The van der Waals surface area contributed by atoms with Crippen LogP contribution in [0.3, 0.4) is 0 Å². The lowest BCUT2D eigenvalue weighted by Gasteiger charge is -2.09. The fourth-order valence-electron chi connectivity index (χ4n) is 2.17. The lowest BCUT2D eigenvalue weighted by atomic mass is 10.1. The third-order valence-electron chi connectivity index (χ3n) is 3.19. The lowest BCUT2D eigenvalue weighted by Crippen LogP contribution is -2.17. The number of aromatic nitrogens is 3. The molecule has 0 spiro atoms. The SMILES string of the molecule is Cc1cnc(-c2ccccc2NC(=O)c2cc(=O)cc(Cl)[nH]2)[nH]1. The first kappa shape index (κ1) is 15.1. The summed E-state index contributed by atoms with van der Waals surface area (Å²) in [6.07, 6.45) is 1.71. The van der Waals surface area contributed by atoms with E-state index in [1.54, 1.807) is 18.3 Å². The van der Waals surface area contributed by atoms with E-state index in [1.165, 1.54) is 12.1 Å². The van der Waals surface area contributed by atoms with Crippen molar-refractivity contribution in [2.75, 3.05) is 5.32 Å². The first-order chi connectivity index (χ1) is 11.0. The van der Waals surface area contributed by atoms with Crippen LogP contribution in [0.1, 0.15) is 16.2 Å². The number of anilines is 1. The minimum Gasteiger partial charge on any atom is -0.342 e. The zero-order valence-corrected chi connectivity index (χ0v) is 12.9. The molecule has 2 aromatic heterocycles. The van der Waals surface area contributed by atoms with Gasteiger partial charge in [0.2, 0.25) is 0 Å². The summed E-state index contributed by atoms with van der Waals surface area (Å²) < 4.78 is 0. The maximum absolute atomic E-state index is 12.3. The molecule has 0 saturated heterocycles. The Morgan fingerprint density at radius 3 is 2.70 bits per heavy atom. The minimum atomic E-state index is -0.458. The van der Waals surface area contributed by atoms with Crippen molar-refractivity contribution in [3.05, 3.63) is 69.4 Å². The van der Waals surface area contributed by atoms with Crippen LogP contribution in [0.5, 0.6) is 0 Å². The molecule has 1 aromatic carbocycles. The number of pyridine rings is 1. The number of hydrogen-bond donors (Lipinski definition) is 3. The van der Waals surface area contributed by atoms with Crippen molar-refractivity contribution in [1.82, 2.24) is 15.0 Å². The van der Waals surface area contributed by atoms with Crippen molar-refractivity contribution < 1.29 is 4.79 Å². The van der Waals surface area contributed by atoms with E-state index in [-0.39, 0.29) is 16.3 Å². The van der Waals surface area contributed by atoms with Gasteiger partial charge in [-0.25, -0.2) is 4.98 Å². The van der Waals surface area contributed by atoms with Crippen LogP contribution in [-0.4, -0.2) is 20.9 Å². The molecule has 7 heteroatoms. The highest BCUT2D eigenvalue weighted by atomic mass is 35.5. The fourth-order valence-corrected chi connectivity index (χ4v) is 2.38. The van der Waals surface area contributed by atoms with Gasteiger partial charge in [-0.1, -0.05) is 23.7 Å². The summed E-state index contributed by atoms with van der Waals surface area (Å²) in [5, 5.41) is 2.87. The first-order valence-corrected chi connectivity index (χ1v) is 7.23. The highest BCUT2D eigenvalue weighted by Gasteiger charge is 2.13. The van der Waals surface area contributed by atoms with Gasteiger partial charge in [0.1, 0.15) is 16.7 Å². The van der Waals surface area contributed by atoms with Gasteiger partial charge in [-0.05, 0) is 19.1 Å². The average molecular weight is 329 g/mol. The Balaban J connectivity index is 1.94. The molecule has 0 aliphatic heterocycles. The van der Waals surface area contributed by atoms with Gasteiger partial charge in [0.15, 0.2) is 5.43 Å². The second-order valence-electron chi connectivity index (χ2n) is 4.99. The van der Waals surface area contributed by atoms with Crippen LogP contribution in [-0.2, 0) is 0 Å². The van der Waals surface area contributed by atoms with E-state index in [0.29, 0.717) is 11.5 Å². The number of benzene rings is 1. The molecule has 23 heavy (non-hydrogen) atoms. The quantitative estimate of drug-likeness (QED) is 0.645. The second kappa shape index (κ2) is 6.10. The normalized spacial score (nSPS) is 10.5. The smallest absolute Gasteiger partial charge is 0.272 e. The van der Waals surface area contributed by atoms with Crippen molar-refractivity contribution >= 4 is 23.2 Å². The molecular weight excluding hydrogens is 316 g/mol. The first-order valence-electron chi connectivity index (χ1n) is 6.85. The largest absolute Gasteiger partial charge is 0.342 e. The molecule has 1 amide bonds. The van der Waals surface area contributed by atoms with Gasteiger partial charge in [0.25, 0.3) is 5.91 Å². The van der Waals surface area contributed by atoms with E-state index in [1.807, 2.05) is 19.1 Å². The number of carbonyl (C=O) groups excluding carboxylic acids is 1. The molecule has 3 aromatic rings. The molecule has 116 valence electrons. The van der Waals surface area contributed by atoms with Gasteiger partial charge in [-0.2, -0.15) is 0 Å². The number of para-hydroxylation sites is 1. The van der Waals surface area contributed by atoms with Crippen molar-refractivity contribution in [3.63, 3.8) is 0 Å². The van der Waals surface area contributed by atoms with Gasteiger partial charge in [0, 0.05) is 29.6 Å². The van der Waals surface area contributed by atoms with Crippen molar-refractivity contribution in [3.8, 4) is 11.4 Å². The van der Waals surface area contributed by atoms with Crippen LogP contribution in [0.15, 0.2) is 47.4 Å². The lowest BCUT2D eigenvalue weighted by molar-refractivity contribution is 0.102. The predicted octanol–water partition coefficient (Wildman–Crippen LogP) is 2.98. The average Bonchev–Trinajstić information content (AvgIpc) is 2.93. The molecule has 0 atom stereocenters. The monoisotopic (exact) mass is 328 g/mol. The van der Waals surface area contributed by atoms with Gasteiger partial charge in [-0.15, -0.1) is 0 Å². The molecule has 0 aliphatic rings. The maximum Gasteiger partial charge on any atom is 0.272 e. The molecule has 2 heterocycles. The fraction of sp³-hybridized carbons (Fsp3) is 0.0625. The summed E-state index contributed by atoms with van der Waals surface area (Å²) in [5.74, 6) is 0.193. The molecule has 0 aliphatic carbocycles. The van der Waals surface area contributed by atoms with E-state index in [2.05, 4.69) is 20.3 Å². The van der Waals surface area contributed by atoms with E-state index < -0.39 is 5.91 Å². The Hall–Kier alpha value is -2.86. The Labute approximate surface area is 136 Å². The summed E-state index contributed by atoms with van der Waals surface area (Å²) in [6.45, 7) is 1.90. The molecule has 0 fully saturated rings. The van der Waals surface area contributed by atoms with Gasteiger partial charge >= 0.3 is 0 Å². The van der Waals surface area contributed by atoms with Crippen LogP contribution in [0.4, 0.5) is 5.69 Å². The summed E-state index contributed by atoms with van der Waals surface area (Å²) >= 11 is 5.78. The van der Waals surface area contributed by atoms with E-state index in [4.69, 9.17) is 11.6 Å². The summed E-state index contributed by atoms with van der Waals surface area (Å²) in [5.41, 5.74) is 1.99. The summed E-state index contributed by atoms with van der Waals surface area (Å²) in [7, 11) is 0. The van der Waals surface area contributed by atoms with Crippen LogP contribution in [0.25, 0.3) is 11.4 Å². The molecule has 6 nitrogen and oxygen atoms in total. The van der Waals surface area contributed by atoms with Crippen molar-refractivity contribution in [2.24, 2.45) is 0 Å². The number of halogens is 1. The van der Waals surface area contributed by atoms with Crippen LogP contribution in [0, 0.1) is 6.92 Å². The van der Waals surface area contributed by atoms with E-state index >= 15 is 0 Å². The van der Waals surface area contributed by atoms with Crippen LogP contribution in [0.2, 0.25) is 5.15 Å². The third kappa shape index (κ3) is 3.32. The Bertz CT molecular complexity index is 930. The third-order valence-corrected chi connectivity index (χ3v) is 3.39. The summed E-state index contributed by atoms with van der Waals surface area (Å²) in [4.78, 5) is 33.8. The molecule has 0 saturated carbocycles. The molecule has 0 radical (unpaired) electrons. The topological polar surface area (TPSA) is 90.6 Å². The second-order valence-corrected chi connectivity index (χ2v) is 5.40. The highest BCUT2D eigenvalue weighted by Crippen LogP contribution is 2.25. The number of nitrogens with zero attached hydrogens (tertiary/aromatic N) is 1. The molecular formula is C16H13ClN4O2.